The Balaban J connectivity index is 2.46. The molecule has 1 heterocycles. The highest BCUT2D eigenvalue weighted by Crippen LogP contribution is 2.22. The summed E-state index contributed by atoms with van der Waals surface area (Å²) in [6.07, 6.45) is 1.86. The summed E-state index contributed by atoms with van der Waals surface area (Å²) in [6.45, 7) is 0. The monoisotopic (exact) mass is 196 g/mol. The van der Waals surface area contributed by atoms with Gasteiger partial charge in [0.1, 0.15) is 18.0 Å². The van der Waals surface area contributed by atoms with Crippen molar-refractivity contribution in [3.63, 3.8) is 0 Å². The van der Waals surface area contributed by atoms with Gasteiger partial charge in [-0.25, -0.2) is 4.98 Å². The molecule has 0 N–H and O–H groups in total. The largest absolute Gasteiger partial charge is 0.399 e. The Morgan fingerprint density at radius 3 is 3.08 bits per heavy atom. The maximum atomic E-state index is 5.78. The Kier molecular flexibility index (Phi) is 2.19. The minimum Gasteiger partial charge on any atom is -0.399 e. The van der Waals surface area contributed by atoms with Gasteiger partial charge >= 0.3 is 0 Å². The quantitative estimate of drug-likeness (QED) is 0.509. The maximum Gasteiger partial charge on any atom is 0.129 e. The van der Waals surface area contributed by atoms with Crippen molar-refractivity contribution in [1.29, 1.82) is 0 Å². The first-order chi connectivity index (χ1) is 6.31. The molecule has 1 aromatic heterocycles. The summed E-state index contributed by atoms with van der Waals surface area (Å²) in [4.78, 5) is 8.94. The second-order valence-corrected chi connectivity index (χ2v) is 3.25. The molecular weight excluding hydrogens is 188 g/mol. The topological polar surface area (TPSA) is 34.5 Å². The van der Waals surface area contributed by atoms with Crippen LogP contribution in [0.2, 0.25) is 5.15 Å². The number of aryl methyl sites for hydroxylation is 1. The molecular formula is C9H9ClN2O. The van der Waals surface area contributed by atoms with E-state index in [4.69, 9.17) is 16.4 Å². The first-order valence-corrected chi connectivity index (χ1v) is 4.45. The molecule has 1 aromatic rings. The van der Waals surface area contributed by atoms with Gasteiger partial charge in [0.25, 0.3) is 0 Å². The van der Waals surface area contributed by atoms with Gasteiger partial charge in [0, 0.05) is 0 Å². The van der Waals surface area contributed by atoms with Crippen molar-refractivity contribution in [3.8, 4) is 0 Å². The summed E-state index contributed by atoms with van der Waals surface area (Å²) < 4.78 is 0. The molecule has 4 heteroatoms. The zero-order chi connectivity index (χ0) is 9.26. The molecule has 13 heavy (non-hydrogen) atoms. The lowest BCUT2D eigenvalue weighted by atomic mass is 10.2. The van der Waals surface area contributed by atoms with Gasteiger partial charge in [-0.2, -0.15) is 0 Å². The molecule has 0 bridgehead atoms. The SMILES string of the molecule is CO/N=C1\CCc2ccc(Cl)nc21. The van der Waals surface area contributed by atoms with Crippen LogP contribution in [0.25, 0.3) is 0 Å². The number of pyridine rings is 1. The van der Waals surface area contributed by atoms with Crippen LogP contribution in [0.4, 0.5) is 0 Å². The smallest absolute Gasteiger partial charge is 0.129 e. The zero-order valence-electron chi connectivity index (χ0n) is 7.25. The molecule has 1 aliphatic carbocycles. The second-order valence-electron chi connectivity index (χ2n) is 2.86. The lowest BCUT2D eigenvalue weighted by molar-refractivity contribution is 0.213. The third-order valence-electron chi connectivity index (χ3n) is 2.05. The van der Waals surface area contributed by atoms with Crippen LogP contribution < -0.4 is 0 Å². The van der Waals surface area contributed by atoms with Crippen LogP contribution in [0.1, 0.15) is 17.7 Å². The molecule has 0 radical (unpaired) electrons. The van der Waals surface area contributed by atoms with Gasteiger partial charge < -0.3 is 4.84 Å². The predicted octanol–water partition coefficient (Wildman–Crippen LogP) is 2.03. The van der Waals surface area contributed by atoms with Gasteiger partial charge in [0.2, 0.25) is 0 Å². The molecule has 0 saturated carbocycles. The van der Waals surface area contributed by atoms with Crippen LogP contribution in [0.3, 0.4) is 0 Å². The fourth-order valence-corrected chi connectivity index (χ4v) is 1.63. The summed E-state index contributed by atoms with van der Waals surface area (Å²) in [5.41, 5.74) is 2.97. The zero-order valence-corrected chi connectivity index (χ0v) is 8.01. The van der Waals surface area contributed by atoms with Crippen LogP contribution >= 0.6 is 11.6 Å². The van der Waals surface area contributed by atoms with Crippen LogP contribution in [-0.4, -0.2) is 17.8 Å². The van der Waals surface area contributed by atoms with E-state index in [1.165, 1.54) is 12.7 Å². The number of nitrogens with zero attached hydrogens (tertiary/aromatic N) is 2. The van der Waals surface area contributed by atoms with Crippen molar-refractivity contribution in [2.24, 2.45) is 5.16 Å². The molecule has 0 fully saturated rings. The summed E-state index contributed by atoms with van der Waals surface area (Å²) in [6, 6.07) is 3.79. The maximum absolute atomic E-state index is 5.78. The Morgan fingerprint density at radius 1 is 1.46 bits per heavy atom. The van der Waals surface area contributed by atoms with E-state index in [2.05, 4.69) is 10.1 Å². The van der Waals surface area contributed by atoms with Crippen molar-refractivity contribution >= 4 is 17.3 Å². The molecule has 2 rings (SSSR count). The number of hydrogen-bond acceptors (Lipinski definition) is 3. The highest BCUT2D eigenvalue weighted by molar-refractivity contribution is 6.29. The Labute approximate surface area is 81.4 Å². The van der Waals surface area contributed by atoms with E-state index in [0.717, 1.165) is 24.2 Å². The van der Waals surface area contributed by atoms with Crippen molar-refractivity contribution < 1.29 is 4.84 Å². The number of oxime groups is 1. The fraction of sp³-hybridized carbons (Fsp3) is 0.333. The minimum atomic E-state index is 0.504. The first-order valence-electron chi connectivity index (χ1n) is 4.07. The summed E-state index contributed by atoms with van der Waals surface area (Å²) >= 11 is 5.78. The molecule has 0 saturated heterocycles. The van der Waals surface area contributed by atoms with E-state index in [1.807, 2.05) is 6.07 Å². The number of aromatic nitrogens is 1. The van der Waals surface area contributed by atoms with Crippen LogP contribution in [0.15, 0.2) is 17.3 Å². The fourth-order valence-electron chi connectivity index (χ4n) is 1.49. The Morgan fingerprint density at radius 2 is 2.31 bits per heavy atom. The van der Waals surface area contributed by atoms with Gasteiger partial charge in [-0.15, -0.1) is 0 Å². The third-order valence-corrected chi connectivity index (χ3v) is 2.26. The van der Waals surface area contributed by atoms with E-state index in [-0.39, 0.29) is 0 Å². The van der Waals surface area contributed by atoms with Crippen molar-refractivity contribution in [2.45, 2.75) is 12.8 Å². The summed E-state index contributed by atoms with van der Waals surface area (Å²) in [5, 5.41) is 4.41. The normalized spacial score (nSPS) is 17.5. The van der Waals surface area contributed by atoms with Crippen LogP contribution in [-0.2, 0) is 11.3 Å². The Hall–Kier alpha value is -1.09. The number of rotatable bonds is 1. The molecule has 0 amide bonds. The van der Waals surface area contributed by atoms with Crippen molar-refractivity contribution in [2.75, 3.05) is 7.11 Å². The molecule has 0 atom stereocenters. The lowest BCUT2D eigenvalue weighted by Gasteiger charge is -1.98. The standard InChI is InChI=1S/C9H9ClN2O/c1-13-12-7-4-2-6-3-5-8(10)11-9(6)7/h3,5H,2,4H2,1H3/b12-7+. The average Bonchev–Trinajstić information content (AvgIpc) is 2.49. The van der Waals surface area contributed by atoms with Crippen LogP contribution in [0.5, 0.6) is 0 Å². The third kappa shape index (κ3) is 1.52. The predicted molar refractivity (Wildman–Crippen MR) is 51.1 cm³/mol. The molecule has 0 aliphatic heterocycles. The van der Waals surface area contributed by atoms with Crippen molar-refractivity contribution in [3.05, 3.63) is 28.5 Å². The van der Waals surface area contributed by atoms with E-state index in [1.54, 1.807) is 6.07 Å². The number of fused-ring (bicyclic) bond motifs is 1. The summed E-state index contributed by atoms with van der Waals surface area (Å²) in [5.74, 6) is 0. The van der Waals surface area contributed by atoms with E-state index < -0.39 is 0 Å². The minimum absolute atomic E-state index is 0.504. The molecule has 0 aromatic carbocycles. The van der Waals surface area contributed by atoms with E-state index in [0.29, 0.717) is 5.15 Å². The van der Waals surface area contributed by atoms with E-state index in [9.17, 15) is 0 Å². The molecule has 0 spiro atoms. The van der Waals surface area contributed by atoms with Gasteiger partial charge in [0.15, 0.2) is 0 Å². The Bertz CT molecular complexity index is 363. The first kappa shape index (κ1) is 8.51. The van der Waals surface area contributed by atoms with Gasteiger partial charge in [-0.05, 0) is 24.5 Å². The van der Waals surface area contributed by atoms with Gasteiger partial charge in [-0.1, -0.05) is 22.8 Å². The molecule has 68 valence electrons. The number of halogens is 1. The second kappa shape index (κ2) is 3.34. The highest BCUT2D eigenvalue weighted by atomic mass is 35.5. The molecule has 1 aliphatic rings. The van der Waals surface area contributed by atoms with Gasteiger partial charge in [0.05, 0.1) is 5.69 Å². The summed E-state index contributed by atoms with van der Waals surface area (Å²) in [7, 11) is 1.54. The molecule has 0 unspecified atom stereocenters. The lowest BCUT2D eigenvalue weighted by Crippen LogP contribution is -1.98. The van der Waals surface area contributed by atoms with Crippen LogP contribution in [0, 0.1) is 0 Å². The average molecular weight is 197 g/mol. The highest BCUT2D eigenvalue weighted by Gasteiger charge is 2.19. The van der Waals surface area contributed by atoms with E-state index >= 15 is 0 Å². The van der Waals surface area contributed by atoms with Crippen molar-refractivity contribution in [1.82, 2.24) is 4.98 Å². The molecule has 3 nitrogen and oxygen atoms in total. The van der Waals surface area contributed by atoms with Gasteiger partial charge in [-0.3, -0.25) is 0 Å². The number of hydrogen-bond donors (Lipinski definition) is 0.